The molecule has 202 valence electrons. The molecule has 0 spiro atoms. The van der Waals surface area contributed by atoms with E-state index in [1.807, 2.05) is 30.3 Å². The lowest BCUT2D eigenvalue weighted by Gasteiger charge is -2.23. The molecule has 0 saturated carbocycles. The Kier molecular flexibility index (Phi) is 7.92. The number of nitrogens with zero attached hydrogens (tertiary/aromatic N) is 3. The second kappa shape index (κ2) is 11.7. The Morgan fingerprint density at radius 3 is 2.79 bits per heavy atom. The highest BCUT2D eigenvalue weighted by molar-refractivity contribution is 9.18. The quantitative estimate of drug-likeness (QED) is 0.381. The number of rotatable bonds is 7. The highest BCUT2D eigenvalue weighted by Gasteiger charge is 2.41. The van der Waals surface area contributed by atoms with E-state index < -0.39 is 24.1 Å². The van der Waals surface area contributed by atoms with Crippen molar-refractivity contribution in [3.05, 3.63) is 71.9 Å². The van der Waals surface area contributed by atoms with E-state index in [1.54, 1.807) is 18.3 Å². The summed E-state index contributed by atoms with van der Waals surface area (Å²) in [6.45, 7) is 0.259. The molecule has 0 radical (unpaired) electrons. The average Bonchev–Trinajstić information content (AvgIpc) is 3.56. The van der Waals surface area contributed by atoms with Gasteiger partial charge in [-0.2, -0.15) is 0 Å². The minimum absolute atomic E-state index is 0.0247. The number of ether oxygens (including phenoxy) is 1. The summed E-state index contributed by atoms with van der Waals surface area (Å²) in [4.78, 5) is 50.0. The number of phenols is 1. The monoisotopic (exact) mass is 595 g/mol. The molecule has 1 saturated heterocycles. The van der Waals surface area contributed by atoms with Crippen LogP contribution in [0.1, 0.15) is 28.8 Å². The van der Waals surface area contributed by atoms with E-state index in [0.717, 1.165) is 10.9 Å². The second-order valence-corrected chi connectivity index (χ2v) is 10.3. The molecular weight excluding hydrogens is 570 g/mol. The van der Waals surface area contributed by atoms with Gasteiger partial charge in [-0.15, -0.1) is 0 Å². The van der Waals surface area contributed by atoms with Crippen LogP contribution in [0.4, 0.5) is 4.79 Å². The molecule has 2 aliphatic heterocycles. The van der Waals surface area contributed by atoms with Gasteiger partial charge in [-0.1, -0.05) is 29.4 Å². The summed E-state index contributed by atoms with van der Waals surface area (Å²) in [5.41, 5.74) is 1.81. The minimum Gasteiger partial charge on any atom is -0.508 e. The van der Waals surface area contributed by atoms with Crippen LogP contribution in [0.15, 0.2) is 65.9 Å². The second-order valence-electron chi connectivity index (χ2n) is 9.36. The molecule has 3 aromatic rings. The number of hydrogen-bond acceptors (Lipinski definition) is 8. The smallest absolute Gasteiger partial charge is 0.410 e. The molecule has 3 N–H and O–H groups in total. The van der Waals surface area contributed by atoms with Gasteiger partial charge in [0.2, 0.25) is 5.91 Å². The van der Waals surface area contributed by atoms with Crippen LogP contribution in [0.3, 0.4) is 0 Å². The third-order valence-electron chi connectivity index (χ3n) is 6.49. The van der Waals surface area contributed by atoms with Crippen LogP contribution >= 0.6 is 15.9 Å². The molecule has 2 aromatic carbocycles. The molecule has 3 heterocycles. The van der Waals surface area contributed by atoms with E-state index in [-0.39, 0.29) is 49.4 Å². The van der Waals surface area contributed by atoms with Gasteiger partial charge in [-0.25, -0.2) is 4.79 Å². The van der Waals surface area contributed by atoms with Gasteiger partial charge < -0.3 is 25.3 Å². The maximum Gasteiger partial charge on any atom is 0.410 e. The van der Waals surface area contributed by atoms with Crippen LogP contribution in [0.5, 0.6) is 5.75 Å². The summed E-state index contributed by atoms with van der Waals surface area (Å²) in [5, 5.41) is 20.1. The summed E-state index contributed by atoms with van der Waals surface area (Å²) >= 11 is 3.27. The van der Waals surface area contributed by atoms with Crippen LogP contribution in [0, 0.1) is 0 Å². The number of aromatic hydroxyl groups is 1. The standard InChI is InChI=1S/C27H26BrN5O6/c28-24-11-21(39-32-24)13-30-26(36)23-10-19(31-25(35)18-5-3-6-20(34)9-18)14-33(23)27(37)38-15-16-8-17-4-1-2-7-22(17)29-12-16/h1-9,12,19,21,23,34H,10-11,13-15H2,(H,30,36)(H,31,35)/t19?,21-,23?/m0/s1. The van der Waals surface area contributed by atoms with Crippen molar-refractivity contribution in [3.63, 3.8) is 0 Å². The van der Waals surface area contributed by atoms with Gasteiger partial charge in [0.1, 0.15) is 23.0 Å². The number of para-hydroxylation sites is 1. The molecule has 1 fully saturated rings. The van der Waals surface area contributed by atoms with Gasteiger partial charge >= 0.3 is 6.09 Å². The van der Waals surface area contributed by atoms with Crippen LogP contribution in [-0.2, 0) is 21.0 Å². The number of aromatic nitrogens is 1. The Bertz CT molecular complexity index is 1430. The Morgan fingerprint density at radius 1 is 1.15 bits per heavy atom. The Labute approximate surface area is 232 Å². The first-order valence-corrected chi connectivity index (χ1v) is 13.2. The van der Waals surface area contributed by atoms with E-state index in [4.69, 9.17) is 9.57 Å². The third-order valence-corrected chi connectivity index (χ3v) is 6.96. The number of nitrogens with one attached hydrogen (secondary N) is 2. The first-order chi connectivity index (χ1) is 18.9. The molecule has 5 rings (SSSR count). The van der Waals surface area contributed by atoms with Gasteiger partial charge in [0.25, 0.3) is 5.91 Å². The zero-order valence-electron chi connectivity index (χ0n) is 20.7. The Balaban J connectivity index is 1.25. The lowest BCUT2D eigenvalue weighted by molar-refractivity contribution is -0.125. The van der Waals surface area contributed by atoms with Crippen LogP contribution in [-0.4, -0.2) is 68.8 Å². The first-order valence-electron chi connectivity index (χ1n) is 12.4. The summed E-state index contributed by atoms with van der Waals surface area (Å²) < 4.78 is 6.22. The van der Waals surface area contributed by atoms with Gasteiger partial charge in [-0.05, 0) is 52.7 Å². The van der Waals surface area contributed by atoms with Gasteiger partial charge in [0.05, 0.1) is 12.1 Å². The molecule has 0 bridgehead atoms. The number of likely N-dealkylation sites (tertiary alicyclic amines) is 1. The van der Waals surface area contributed by atoms with Crippen molar-refractivity contribution in [2.45, 2.75) is 37.6 Å². The summed E-state index contributed by atoms with van der Waals surface area (Å²) in [6, 6.07) is 14.1. The summed E-state index contributed by atoms with van der Waals surface area (Å²) in [7, 11) is 0. The lowest BCUT2D eigenvalue weighted by Crippen LogP contribution is -2.47. The number of oxime groups is 1. The third kappa shape index (κ3) is 6.45. The number of carbonyl (C=O) groups excluding carboxylic acids is 3. The molecule has 3 amide bonds. The number of benzene rings is 2. The van der Waals surface area contributed by atoms with E-state index in [1.165, 1.54) is 17.0 Å². The van der Waals surface area contributed by atoms with Crippen LogP contribution in [0.2, 0.25) is 0 Å². The van der Waals surface area contributed by atoms with Crippen molar-refractivity contribution in [2.75, 3.05) is 13.1 Å². The number of phenolic OH excluding ortho intramolecular Hbond substituents is 1. The Hall–Kier alpha value is -4.19. The lowest BCUT2D eigenvalue weighted by atomic mass is 10.1. The summed E-state index contributed by atoms with van der Waals surface area (Å²) in [6.07, 6.45) is 1.37. The SMILES string of the molecule is O=C(NC1CC(C(=O)NC[C@@H]2CC(Br)=NO2)N(C(=O)OCc2cnc3ccccc3c2)C1)c1cccc(O)c1. The number of hydrogen-bond donors (Lipinski definition) is 3. The highest BCUT2D eigenvalue weighted by atomic mass is 79.9. The zero-order valence-corrected chi connectivity index (χ0v) is 22.3. The molecular formula is C27H26BrN5O6. The van der Waals surface area contributed by atoms with Crippen molar-refractivity contribution in [1.82, 2.24) is 20.5 Å². The molecule has 11 nitrogen and oxygen atoms in total. The molecule has 2 aliphatic rings. The van der Waals surface area contributed by atoms with E-state index in [9.17, 15) is 19.5 Å². The van der Waals surface area contributed by atoms with Crippen molar-refractivity contribution < 1.29 is 29.1 Å². The van der Waals surface area contributed by atoms with Crippen LogP contribution < -0.4 is 10.6 Å². The molecule has 0 aliphatic carbocycles. The fourth-order valence-corrected chi connectivity index (χ4v) is 5.01. The predicted octanol–water partition coefficient (Wildman–Crippen LogP) is 3.06. The maximum absolute atomic E-state index is 13.2. The topological polar surface area (TPSA) is 142 Å². The maximum atomic E-state index is 13.2. The predicted molar refractivity (Wildman–Crippen MR) is 145 cm³/mol. The van der Waals surface area contributed by atoms with Crippen molar-refractivity contribution >= 4 is 49.4 Å². The minimum atomic E-state index is -0.868. The van der Waals surface area contributed by atoms with Gasteiger partial charge in [-0.3, -0.25) is 19.5 Å². The van der Waals surface area contributed by atoms with Gasteiger partial charge in [0, 0.05) is 41.7 Å². The first kappa shape index (κ1) is 26.4. The number of pyridine rings is 1. The molecule has 2 unspecified atom stereocenters. The number of fused-ring (bicyclic) bond motifs is 1. The average molecular weight is 596 g/mol. The Morgan fingerprint density at radius 2 is 2.00 bits per heavy atom. The molecule has 12 heteroatoms. The highest BCUT2D eigenvalue weighted by Crippen LogP contribution is 2.22. The van der Waals surface area contributed by atoms with Crippen LogP contribution in [0.25, 0.3) is 10.9 Å². The van der Waals surface area contributed by atoms with E-state index in [0.29, 0.717) is 16.6 Å². The van der Waals surface area contributed by atoms with Gasteiger partial charge in [0.15, 0.2) is 6.10 Å². The number of amides is 3. The number of halogens is 1. The van der Waals surface area contributed by atoms with E-state index >= 15 is 0 Å². The fourth-order valence-electron chi connectivity index (χ4n) is 4.57. The molecule has 3 atom stereocenters. The summed E-state index contributed by atoms with van der Waals surface area (Å²) in [5.74, 6) is -0.849. The largest absolute Gasteiger partial charge is 0.508 e. The van der Waals surface area contributed by atoms with E-state index in [2.05, 4.69) is 36.7 Å². The fraction of sp³-hybridized carbons (Fsp3) is 0.296. The molecule has 39 heavy (non-hydrogen) atoms. The van der Waals surface area contributed by atoms with Crippen molar-refractivity contribution in [1.29, 1.82) is 0 Å². The number of carbonyl (C=O) groups is 3. The molecule has 1 aromatic heterocycles. The normalized spacial score (nSPS) is 20.3. The zero-order chi connectivity index (χ0) is 27.4. The van der Waals surface area contributed by atoms with Crippen molar-refractivity contribution in [2.24, 2.45) is 5.16 Å². The van der Waals surface area contributed by atoms with Crippen molar-refractivity contribution in [3.8, 4) is 5.75 Å².